The fourth-order valence-electron chi connectivity index (χ4n) is 2.84. The van der Waals surface area contributed by atoms with Crippen molar-refractivity contribution in [2.75, 3.05) is 6.61 Å². The summed E-state index contributed by atoms with van der Waals surface area (Å²) < 4.78 is 11.1. The van der Waals surface area contributed by atoms with Crippen LogP contribution in [0.4, 0.5) is 0 Å². The molecule has 0 N–H and O–H groups in total. The smallest absolute Gasteiger partial charge is 0.305 e. The predicted molar refractivity (Wildman–Crippen MR) is 83.5 cm³/mol. The van der Waals surface area contributed by atoms with Gasteiger partial charge in [0.1, 0.15) is 18.5 Å². The molecule has 1 fully saturated rings. The SMILES string of the molecule is C=CCOc1ccc([C@@H]2CCCC[C@H]2OC(=O)CC)cc1. The first kappa shape index (κ1) is 15.6. The average Bonchev–Trinajstić information content (AvgIpc) is 2.54. The third kappa shape index (κ3) is 4.35. The van der Waals surface area contributed by atoms with Gasteiger partial charge in [-0.1, -0.05) is 38.1 Å². The maximum absolute atomic E-state index is 11.6. The normalized spacial score (nSPS) is 21.6. The van der Waals surface area contributed by atoms with Crippen LogP contribution in [-0.4, -0.2) is 18.7 Å². The number of carbonyl (C=O) groups is 1. The van der Waals surface area contributed by atoms with Crippen LogP contribution in [-0.2, 0) is 9.53 Å². The van der Waals surface area contributed by atoms with Gasteiger partial charge in [0.25, 0.3) is 0 Å². The number of carbonyl (C=O) groups excluding carboxylic acids is 1. The van der Waals surface area contributed by atoms with Gasteiger partial charge in [0.2, 0.25) is 0 Å². The van der Waals surface area contributed by atoms with Crippen LogP contribution in [0.15, 0.2) is 36.9 Å². The molecule has 0 bridgehead atoms. The fraction of sp³-hybridized carbons (Fsp3) is 0.500. The summed E-state index contributed by atoms with van der Waals surface area (Å²) >= 11 is 0. The molecule has 3 heteroatoms. The maximum atomic E-state index is 11.6. The molecule has 114 valence electrons. The molecule has 1 saturated carbocycles. The van der Waals surface area contributed by atoms with Crippen molar-refractivity contribution in [3.8, 4) is 5.75 Å². The van der Waals surface area contributed by atoms with E-state index in [2.05, 4.69) is 18.7 Å². The molecule has 3 nitrogen and oxygen atoms in total. The zero-order valence-corrected chi connectivity index (χ0v) is 12.7. The molecule has 2 atom stereocenters. The molecule has 0 heterocycles. The molecule has 0 radical (unpaired) electrons. The molecule has 0 saturated heterocycles. The Labute approximate surface area is 127 Å². The quantitative estimate of drug-likeness (QED) is 0.580. The Hall–Kier alpha value is -1.77. The van der Waals surface area contributed by atoms with E-state index in [9.17, 15) is 4.79 Å². The van der Waals surface area contributed by atoms with Crippen LogP contribution < -0.4 is 4.74 Å². The Morgan fingerprint density at radius 1 is 1.29 bits per heavy atom. The Balaban J connectivity index is 2.05. The number of hydrogen-bond donors (Lipinski definition) is 0. The fourth-order valence-corrected chi connectivity index (χ4v) is 2.84. The largest absolute Gasteiger partial charge is 0.490 e. The zero-order chi connectivity index (χ0) is 15.1. The lowest BCUT2D eigenvalue weighted by molar-refractivity contribution is -0.151. The lowest BCUT2D eigenvalue weighted by atomic mass is 9.81. The van der Waals surface area contributed by atoms with Crippen molar-refractivity contribution >= 4 is 5.97 Å². The molecule has 21 heavy (non-hydrogen) atoms. The van der Waals surface area contributed by atoms with E-state index in [-0.39, 0.29) is 12.1 Å². The second kappa shape index (κ2) is 7.87. The van der Waals surface area contributed by atoms with Crippen LogP contribution in [0.1, 0.15) is 50.5 Å². The molecule has 0 spiro atoms. The van der Waals surface area contributed by atoms with Gasteiger partial charge in [0.15, 0.2) is 0 Å². The second-order valence-electron chi connectivity index (χ2n) is 5.44. The average molecular weight is 288 g/mol. The molecule has 0 amide bonds. The molecule has 0 aliphatic heterocycles. The highest BCUT2D eigenvalue weighted by atomic mass is 16.5. The van der Waals surface area contributed by atoms with E-state index < -0.39 is 0 Å². The minimum atomic E-state index is -0.0992. The van der Waals surface area contributed by atoms with Gasteiger partial charge < -0.3 is 9.47 Å². The third-order valence-corrected chi connectivity index (χ3v) is 3.95. The Bertz CT molecular complexity index is 464. The van der Waals surface area contributed by atoms with Gasteiger partial charge in [-0.2, -0.15) is 0 Å². The van der Waals surface area contributed by atoms with Crippen LogP contribution >= 0.6 is 0 Å². The van der Waals surface area contributed by atoms with Crippen LogP contribution in [0, 0.1) is 0 Å². The number of esters is 1. The summed E-state index contributed by atoms with van der Waals surface area (Å²) in [5.74, 6) is 1.05. The van der Waals surface area contributed by atoms with Crippen molar-refractivity contribution in [1.82, 2.24) is 0 Å². The molecular weight excluding hydrogens is 264 g/mol. The minimum Gasteiger partial charge on any atom is -0.490 e. The van der Waals surface area contributed by atoms with Crippen LogP contribution in [0.25, 0.3) is 0 Å². The molecule has 2 rings (SSSR count). The number of rotatable bonds is 6. The van der Waals surface area contributed by atoms with Gasteiger partial charge in [-0.25, -0.2) is 0 Å². The monoisotopic (exact) mass is 288 g/mol. The molecule has 1 aliphatic carbocycles. The Morgan fingerprint density at radius 2 is 2.00 bits per heavy atom. The lowest BCUT2D eigenvalue weighted by Gasteiger charge is -2.31. The highest BCUT2D eigenvalue weighted by Crippen LogP contribution is 2.35. The molecule has 1 aromatic carbocycles. The van der Waals surface area contributed by atoms with Crippen LogP contribution in [0.3, 0.4) is 0 Å². The second-order valence-corrected chi connectivity index (χ2v) is 5.44. The van der Waals surface area contributed by atoms with Crippen molar-refractivity contribution in [2.24, 2.45) is 0 Å². The Kier molecular flexibility index (Phi) is 5.85. The highest BCUT2D eigenvalue weighted by Gasteiger charge is 2.29. The summed E-state index contributed by atoms with van der Waals surface area (Å²) in [6.45, 7) is 5.99. The van der Waals surface area contributed by atoms with E-state index in [0.29, 0.717) is 18.9 Å². The van der Waals surface area contributed by atoms with Crippen molar-refractivity contribution < 1.29 is 14.3 Å². The van der Waals surface area contributed by atoms with Crippen molar-refractivity contribution in [2.45, 2.75) is 51.0 Å². The number of hydrogen-bond acceptors (Lipinski definition) is 3. The van der Waals surface area contributed by atoms with Gasteiger partial charge in [-0.05, 0) is 37.0 Å². The van der Waals surface area contributed by atoms with E-state index in [4.69, 9.17) is 9.47 Å². The lowest BCUT2D eigenvalue weighted by Crippen LogP contribution is -2.28. The number of ether oxygens (including phenoxy) is 2. The summed E-state index contributed by atoms with van der Waals surface area (Å²) in [5, 5.41) is 0. The van der Waals surface area contributed by atoms with Crippen molar-refractivity contribution in [3.63, 3.8) is 0 Å². The van der Waals surface area contributed by atoms with Gasteiger partial charge in [-0.3, -0.25) is 4.79 Å². The topological polar surface area (TPSA) is 35.5 Å². The van der Waals surface area contributed by atoms with Gasteiger partial charge in [-0.15, -0.1) is 0 Å². The maximum Gasteiger partial charge on any atom is 0.305 e. The van der Waals surface area contributed by atoms with E-state index in [0.717, 1.165) is 25.0 Å². The third-order valence-electron chi connectivity index (χ3n) is 3.95. The van der Waals surface area contributed by atoms with Gasteiger partial charge >= 0.3 is 5.97 Å². The summed E-state index contributed by atoms with van der Waals surface area (Å²) in [5.41, 5.74) is 1.23. The molecule has 0 aromatic heterocycles. The summed E-state index contributed by atoms with van der Waals surface area (Å²) in [6.07, 6.45) is 6.57. The number of benzene rings is 1. The van der Waals surface area contributed by atoms with Crippen molar-refractivity contribution in [3.05, 3.63) is 42.5 Å². The van der Waals surface area contributed by atoms with Crippen LogP contribution in [0.5, 0.6) is 5.75 Å². The standard InChI is InChI=1S/C18H24O3/c1-3-13-20-15-11-9-14(10-12-15)16-7-5-6-8-17(16)21-18(19)4-2/h3,9-12,16-17H,1,4-8,13H2,2H3/t16-,17+/m0/s1. The molecule has 1 aromatic rings. The molecular formula is C18H24O3. The first-order valence-electron chi connectivity index (χ1n) is 7.77. The van der Waals surface area contributed by atoms with E-state index >= 15 is 0 Å². The summed E-state index contributed by atoms with van der Waals surface area (Å²) in [7, 11) is 0. The van der Waals surface area contributed by atoms with Gasteiger partial charge in [0, 0.05) is 12.3 Å². The minimum absolute atomic E-state index is 0.0196. The zero-order valence-electron chi connectivity index (χ0n) is 12.7. The van der Waals surface area contributed by atoms with E-state index in [1.165, 1.54) is 12.0 Å². The summed E-state index contributed by atoms with van der Waals surface area (Å²) in [6, 6.07) is 8.13. The summed E-state index contributed by atoms with van der Waals surface area (Å²) in [4.78, 5) is 11.6. The predicted octanol–water partition coefficient (Wildman–Crippen LogP) is 4.23. The first-order valence-corrected chi connectivity index (χ1v) is 7.77. The van der Waals surface area contributed by atoms with E-state index in [1.807, 2.05) is 19.1 Å². The van der Waals surface area contributed by atoms with Crippen LogP contribution in [0.2, 0.25) is 0 Å². The van der Waals surface area contributed by atoms with Crippen molar-refractivity contribution in [1.29, 1.82) is 0 Å². The van der Waals surface area contributed by atoms with E-state index in [1.54, 1.807) is 6.08 Å². The molecule has 0 unspecified atom stereocenters. The highest BCUT2D eigenvalue weighted by molar-refractivity contribution is 5.69. The first-order chi connectivity index (χ1) is 10.2. The van der Waals surface area contributed by atoms with Gasteiger partial charge in [0.05, 0.1) is 0 Å². The Morgan fingerprint density at radius 3 is 2.67 bits per heavy atom. The molecule has 1 aliphatic rings.